The van der Waals surface area contributed by atoms with Gasteiger partial charge in [-0.3, -0.25) is 0 Å². The van der Waals surface area contributed by atoms with Crippen molar-refractivity contribution in [1.82, 2.24) is 4.57 Å². The molecule has 144 valence electrons. The molecular weight excluding hydrogens is 388 g/mol. The number of ether oxygens (including phenoxy) is 1. The van der Waals surface area contributed by atoms with Crippen LogP contribution in [0.5, 0.6) is 5.75 Å². The average Bonchev–Trinajstić information content (AvgIpc) is 3.03. The maximum Gasteiger partial charge on any atom is 0.244 e. The summed E-state index contributed by atoms with van der Waals surface area (Å²) in [5.74, 6) is 2.94. The molecule has 4 heteroatoms. The lowest BCUT2D eigenvalue weighted by Crippen LogP contribution is -3.00. The third kappa shape index (κ3) is 5.23. The van der Waals surface area contributed by atoms with Crippen molar-refractivity contribution in [2.24, 2.45) is 11.8 Å². The topological polar surface area (TPSA) is 18.0 Å². The van der Waals surface area contributed by atoms with Gasteiger partial charge < -0.3 is 21.7 Å². The number of rotatable bonds is 7. The van der Waals surface area contributed by atoms with E-state index in [0.717, 1.165) is 18.1 Å². The lowest BCUT2D eigenvalue weighted by Gasteiger charge is -2.21. The molecule has 2 aromatic rings. The van der Waals surface area contributed by atoms with Crippen molar-refractivity contribution >= 4 is 0 Å². The van der Waals surface area contributed by atoms with E-state index in [1.165, 1.54) is 11.1 Å². The predicted molar refractivity (Wildman–Crippen MR) is 104 cm³/mol. The molecule has 0 aliphatic heterocycles. The van der Waals surface area contributed by atoms with Crippen LogP contribution in [0.3, 0.4) is 0 Å². The quantitative estimate of drug-likeness (QED) is 0.496. The minimum Gasteiger partial charge on any atom is -1.00 e. The highest BCUT2D eigenvalue weighted by molar-refractivity contribution is 5.37. The van der Waals surface area contributed by atoms with Crippen LogP contribution in [0.25, 0.3) is 0 Å². The SMILES string of the molecule is CC[n+]1ccn(C(C)c2ccccc2OC(C)=C(C(C)C)C(C)C)c1.[Br-]. The fraction of sp³-hybridized carbons (Fsp3) is 0.500. The van der Waals surface area contributed by atoms with Gasteiger partial charge >= 0.3 is 0 Å². The highest BCUT2D eigenvalue weighted by atomic mass is 79.9. The Morgan fingerprint density at radius 1 is 1.08 bits per heavy atom. The molecule has 0 bridgehead atoms. The van der Waals surface area contributed by atoms with E-state index in [1.54, 1.807) is 0 Å². The number of allylic oxidation sites excluding steroid dienone is 2. The van der Waals surface area contributed by atoms with Crippen molar-refractivity contribution in [3.8, 4) is 5.75 Å². The Morgan fingerprint density at radius 3 is 2.23 bits per heavy atom. The van der Waals surface area contributed by atoms with Crippen LogP contribution in [0.2, 0.25) is 0 Å². The minimum atomic E-state index is 0. The molecule has 0 aliphatic carbocycles. The van der Waals surface area contributed by atoms with Crippen LogP contribution in [-0.2, 0) is 6.54 Å². The maximum absolute atomic E-state index is 6.37. The van der Waals surface area contributed by atoms with Crippen molar-refractivity contribution in [3.05, 3.63) is 59.9 Å². The number of aryl methyl sites for hydroxylation is 1. The maximum atomic E-state index is 6.37. The summed E-state index contributed by atoms with van der Waals surface area (Å²) < 4.78 is 10.8. The number of para-hydroxylation sites is 1. The predicted octanol–water partition coefficient (Wildman–Crippen LogP) is 2.37. The number of halogens is 1. The van der Waals surface area contributed by atoms with Crippen molar-refractivity contribution in [2.75, 3.05) is 0 Å². The molecule has 1 heterocycles. The molecule has 1 aromatic heterocycles. The van der Waals surface area contributed by atoms with Crippen LogP contribution in [0.1, 0.15) is 60.1 Å². The van der Waals surface area contributed by atoms with E-state index in [2.05, 4.69) is 94.5 Å². The molecule has 3 nitrogen and oxygen atoms in total. The number of imidazole rings is 1. The Balaban J connectivity index is 0.00000338. The summed E-state index contributed by atoms with van der Waals surface area (Å²) in [5, 5.41) is 0. The van der Waals surface area contributed by atoms with Gasteiger partial charge in [0.25, 0.3) is 0 Å². The molecule has 0 amide bonds. The first-order valence-electron chi connectivity index (χ1n) is 9.39. The van der Waals surface area contributed by atoms with E-state index in [9.17, 15) is 0 Å². The normalized spacial score (nSPS) is 12.0. The van der Waals surface area contributed by atoms with Crippen LogP contribution in [0.15, 0.2) is 54.3 Å². The lowest BCUT2D eigenvalue weighted by molar-refractivity contribution is -0.693. The second-order valence-electron chi connectivity index (χ2n) is 7.33. The van der Waals surface area contributed by atoms with E-state index >= 15 is 0 Å². The van der Waals surface area contributed by atoms with E-state index in [4.69, 9.17) is 4.74 Å². The first-order chi connectivity index (χ1) is 11.8. The molecule has 1 atom stereocenters. The highest BCUT2D eigenvalue weighted by Gasteiger charge is 2.20. The lowest BCUT2D eigenvalue weighted by atomic mass is 9.91. The van der Waals surface area contributed by atoms with Crippen LogP contribution in [-0.4, -0.2) is 4.57 Å². The second-order valence-corrected chi connectivity index (χ2v) is 7.33. The Morgan fingerprint density at radius 2 is 1.69 bits per heavy atom. The molecule has 0 fully saturated rings. The van der Waals surface area contributed by atoms with Gasteiger partial charge in [0.05, 0.1) is 6.54 Å². The molecule has 1 aromatic carbocycles. The molecule has 2 rings (SSSR count). The summed E-state index contributed by atoms with van der Waals surface area (Å²) in [5.41, 5.74) is 2.58. The summed E-state index contributed by atoms with van der Waals surface area (Å²) >= 11 is 0. The molecule has 0 aliphatic rings. The molecule has 0 saturated carbocycles. The monoisotopic (exact) mass is 420 g/mol. The fourth-order valence-electron chi connectivity index (χ4n) is 3.61. The van der Waals surface area contributed by atoms with Gasteiger partial charge in [-0.05, 0) is 44.2 Å². The third-order valence-corrected chi connectivity index (χ3v) is 4.81. The summed E-state index contributed by atoms with van der Waals surface area (Å²) in [6.45, 7) is 16.4. The summed E-state index contributed by atoms with van der Waals surface area (Å²) in [4.78, 5) is 0. The van der Waals surface area contributed by atoms with E-state index < -0.39 is 0 Å². The van der Waals surface area contributed by atoms with Crippen LogP contribution >= 0.6 is 0 Å². The highest BCUT2D eigenvalue weighted by Crippen LogP contribution is 2.31. The summed E-state index contributed by atoms with van der Waals surface area (Å²) in [6, 6.07) is 8.59. The van der Waals surface area contributed by atoms with E-state index in [0.29, 0.717) is 11.8 Å². The molecule has 0 saturated heterocycles. The van der Waals surface area contributed by atoms with Crippen molar-refractivity contribution in [3.63, 3.8) is 0 Å². The fourth-order valence-corrected chi connectivity index (χ4v) is 3.61. The number of benzene rings is 1. The van der Waals surface area contributed by atoms with Gasteiger partial charge in [0.2, 0.25) is 6.33 Å². The van der Waals surface area contributed by atoms with Crippen molar-refractivity contribution < 1.29 is 26.3 Å². The molecular formula is C22H33BrN2O. The Hall–Kier alpha value is -1.55. The van der Waals surface area contributed by atoms with Gasteiger partial charge in [-0.2, -0.15) is 0 Å². The number of aromatic nitrogens is 2. The van der Waals surface area contributed by atoms with E-state index in [-0.39, 0.29) is 23.0 Å². The zero-order chi connectivity index (χ0) is 18.6. The largest absolute Gasteiger partial charge is 1.00 e. The van der Waals surface area contributed by atoms with E-state index in [1.807, 2.05) is 6.07 Å². The molecule has 0 radical (unpaired) electrons. The summed E-state index contributed by atoms with van der Waals surface area (Å²) in [7, 11) is 0. The van der Waals surface area contributed by atoms with Gasteiger partial charge in [-0.25, -0.2) is 9.13 Å². The van der Waals surface area contributed by atoms with Gasteiger partial charge in [0.1, 0.15) is 29.9 Å². The first kappa shape index (κ1) is 22.5. The molecule has 0 N–H and O–H groups in total. The number of hydrogen-bond acceptors (Lipinski definition) is 1. The molecule has 0 spiro atoms. The third-order valence-electron chi connectivity index (χ3n) is 4.81. The van der Waals surface area contributed by atoms with Gasteiger partial charge in [0.15, 0.2) is 0 Å². The van der Waals surface area contributed by atoms with Crippen molar-refractivity contribution in [1.29, 1.82) is 0 Å². The number of nitrogens with zero attached hydrogens (tertiary/aromatic N) is 2. The number of hydrogen-bond donors (Lipinski definition) is 0. The van der Waals surface area contributed by atoms with Crippen LogP contribution in [0.4, 0.5) is 0 Å². The Kier molecular flexibility index (Phi) is 8.61. The average molecular weight is 421 g/mol. The van der Waals surface area contributed by atoms with Crippen molar-refractivity contribution in [2.45, 2.75) is 61.1 Å². The second kappa shape index (κ2) is 9.96. The van der Waals surface area contributed by atoms with Crippen LogP contribution in [0, 0.1) is 11.8 Å². The first-order valence-corrected chi connectivity index (χ1v) is 9.39. The van der Waals surface area contributed by atoms with Crippen LogP contribution < -0.4 is 26.3 Å². The molecule has 1 unspecified atom stereocenters. The zero-order valence-electron chi connectivity index (χ0n) is 17.2. The summed E-state index contributed by atoms with van der Waals surface area (Å²) in [6.07, 6.45) is 6.39. The Labute approximate surface area is 169 Å². The van der Waals surface area contributed by atoms with Gasteiger partial charge in [-0.1, -0.05) is 45.9 Å². The van der Waals surface area contributed by atoms with Gasteiger partial charge in [-0.15, -0.1) is 0 Å². The zero-order valence-corrected chi connectivity index (χ0v) is 18.7. The Bertz CT molecular complexity index is 721. The standard InChI is InChI=1S/C22H33N2O.BrH/c1-8-23-13-14-24(15-23)18(6)20-11-9-10-12-21(20)25-19(7)22(16(2)3)17(4)5;/h9-18H,8H2,1-7H3;1H/q+1;/p-1. The smallest absolute Gasteiger partial charge is 0.244 e. The molecule has 26 heavy (non-hydrogen) atoms. The minimum absolute atomic E-state index is 0. The van der Waals surface area contributed by atoms with Gasteiger partial charge in [0, 0.05) is 5.56 Å².